The van der Waals surface area contributed by atoms with Gasteiger partial charge in [-0.3, -0.25) is 9.59 Å². The lowest BCUT2D eigenvalue weighted by molar-refractivity contribution is -0.133. The Balaban J connectivity index is 1.90. The summed E-state index contributed by atoms with van der Waals surface area (Å²) in [5, 5.41) is 21.7. The van der Waals surface area contributed by atoms with Crippen molar-refractivity contribution in [1.82, 2.24) is 0 Å². The Labute approximate surface area is 143 Å². The van der Waals surface area contributed by atoms with Crippen molar-refractivity contribution < 1.29 is 19.8 Å². The van der Waals surface area contributed by atoms with E-state index in [-0.39, 0.29) is 41.2 Å². The van der Waals surface area contributed by atoms with Crippen LogP contribution >= 0.6 is 0 Å². The Kier molecular flexibility index (Phi) is 3.01. The Morgan fingerprint density at radius 3 is 2.33 bits per heavy atom. The standard InChI is InChI=1S/C20H28O4/c1-9-12-14-11(18(14,2)3)6-7-19(4,23)15(12)13-10(16(9)21)8-20(5,24)17(13)22/h9,11-12,14-15,23-24H,6-8H2,1-5H3/t9-,11-,12+,14-,15+,19-,20-/m0/s1. The van der Waals surface area contributed by atoms with E-state index in [9.17, 15) is 19.8 Å². The van der Waals surface area contributed by atoms with Crippen LogP contribution in [0.3, 0.4) is 0 Å². The zero-order valence-corrected chi connectivity index (χ0v) is 15.2. The van der Waals surface area contributed by atoms with Crippen molar-refractivity contribution in [3.8, 4) is 0 Å². The summed E-state index contributed by atoms with van der Waals surface area (Å²) in [6, 6.07) is 0. The Morgan fingerprint density at radius 2 is 1.71 bits per heavy atom. The molecule has 24 heavy (non-hydrogen) atoms. The molecule has 0 saturated heterocycles. The normalized spacial score (nSPS) is 52.5. The Morgan fingerprint density at radius 1 is 1.08 bits per heavy atom. The Bertz CT molecular complexity index is 682. The Hall–Kier alpha value is -1.00. The molecule has 0 aromatic carbocycles. The van der Waals surface area contributed by atoms with Crippen molar-refractivity contribution in [2.45, 2.75) is 65.1 Å². The van der Waals surface area contributed by atoms with Gasteiger partial charge in [-0.15, -0.1) is 0 Å². The number of aliphatic hydroxyl groups is 2. The van der Waals surface area contributed by atoms with Gasteiger partial charge in [-0.1, -0.05) is 20.8 Å². The average molecular weight is 332 g/mol. The van der Waals surface area contributed by atoms with E-state index in [1.165, 1.54) is 6.92 Å². The maximum atomic E-state index is 13.0. The van der Waals surface area contributed by atoms with Gasteiger partial charge in [0.2, 0.25) is 0 Å². The maximum Gasteiger partial charge on any atom is 0.191 e. The van der Waals surface area contributed by atoms with E-state index in [1.807, 2.05) is 13.8 Å². The zero-order valence-electron chi connectivity index (χ0n) is 15.2. The van der Waals surface area contributed by atoms with E-state index in [4.69, 9.17) is 0 Å². The second-order valence-electron chi connectivity index (χ2n) is 9.73. The molecule has 0 bridgehead atoms. The second-order valence-corrected chi connectivity index (χ2v) is 9.73. The van der Waals surface area contributed by atoms with Crippen molar-refractivity contribution in [3.63, 3.8) is 0 Å². The first-order valence-electron chi connectivity index (χ1n) is 9.18. The van der Waals surface area contributed by atoms with Gasteiger partial charge in [0, 0.05) is 29.4 Å². The van der Waals surface area contributed by atoms with Gasteiger partial charge in [-0.05, 0) is 49.9 Å². The van der Waals surface area contributed by atoms with Gasteiger partial charge in [-0.25, -0.2) is 0 Å². The van der Waals surface area contributed by atoms with E-state index in [0.717, 1.165) is 6.42 Å². The number of Topliss-reactive ketones (excluding diaryl/α,β-unsaturated/α-hetero) is 2. The van der Waals surface area contributed by atoms with Crippen LogP contribution in [0.15, 0.2) is 11.1 Å². The van der Waals surface area contributed by atoms with Crippen LogP contribution in [0.2, 0.25) is 0 Å². The van der Waals surface area contributed by atoms with Crippen LogP contribution in [0.5, 0.6) is 0 Å². The third-order valence-corrected chi connectivity index (χ3v) is 7.75. The predicted molar refractivity (Wildman–Crippen MR) is 89.0 cm³/mol. The molecule has 4 heteroatoms. The molecule has 0 aromatic heterocycles. The number of carbonyl (C=O) groups excluding carboxylic acids is 2. The van der Waals surface area contributed by atoms with E-state index >= 15 is 0 Å². The molecule has 0 radical (unpaired) electrons. The number of carbonyl (C=O) groups is 2. The summed E-state index contributed by atoms with van der Waals surface area (Å²) in [5.41, 5.74) is -1.41. The highest BCUT2D eigenvalue weighted by Crippen LogP contribution is 2.71. The minimum atomic E-state index is -1.50. The maximum absolute atomic E-state index is 13.0. The highest BCUT2D eigenvalue weighted by atomic mass is 16.3. The summed E-state index contributed by atoms with van der Waals surface area (Å²) in [6.45, 7) is 9.75. The van der Waals surface area contributed by atoms with Gasteiger partial charge in [-0.2, -0.15) is 0 Å². The lowest BCUT2D eigenvalue weighted by atomic mass is 9.61. The molecule has 0 aromatic rings. The topological polar surface area (TPSA) is 74.6 Å². The summed E-state index contributed by atoms with van der Waals surface area (Å²) in [5.74, 6) is -0.00276. The zero-order chi connectivity index (χ0) is 17.8. The van der Waals surface area contributed by atoms with Crippen LogP contribution in [0.4, 0.5) is 0 Å². The van der Waals surface area contributed by atoms with Crippen LogP contribution in [0, 0.1) is 35.0 Å². The summed E-state index contributed by atoms with van der Waals surface area (Å²) < 4.78 is 0. The molecule has 0 aliphatic heterocycles. The molecule has 0 spiro atoms. The molecule has 2 fully saturated rings. The van der Waals surface area contributed by atoms with Gasteiger partial charge in [0.25, 0.3) is 0 Å². The smallest absolute Gasteiger partial charge is 0.191 e. The first-order chi connectivity index (χ1) is 10.9. The number of fused-ring (bicyclic) bond motifs is 4. The molecule has 7 atom stereocenters. The first kappa shape index (κ1) is 16.5. The highest BCUT2D eigenvalue weighted by Gasteiger charge is 2.69. The van der Waals surface area contributed by atoms with Gasteiger partial charge in [0.05, 0.1) is 5.60 Å². The van der Waals surface area contributed by atoms with Gasteiger partial charge in [0.15, 0.2) is 11.6 Å². The van der Waals surface area contributed by atoms with E-state index in [2.05, 4.69) is 13.8 Å². The van der Waals surface area contributed by atoms with Crippen molar-refractivity contribution in [2.75, 3.05) is 0 Å². The van der Waals surface area contributed by atoms with Crippen LogP contribution in [-0.2, 0) is 9.59 Å². The fourth-order valence-electron chi connectivity index (χ4n) is 6.38. The number of hydrogen-bond donors (Lipinski definition) is 2. The predicted octanol–water partition coefficient (Wildman–Crippen LogP) is 2.28. The van der Waals surface area contributed by atoms with Crippen molar-refractivity contribution >= 4 is 11.6 Å². The van der Waals surface area contributed by atoms with E-state index in [1.54, 1.807) is 0 Å². The van der Waals surface area contributed by atoms with Crippen LogP contribution in [-0.4, -0.2) is 33.0 Å². The largest absolute Gasteiger partial charge is 0.390 e. The van der Waals surface area contributed by atoms with Crippen molar-refractivity contribution in [3.05, 3.63) is 11.1 Å². The summed E-state index contributed by atoms with van der Waals surface area (Å²) in [7, 11) is 0. The van der Waals surface area contributed by atoms with Gasteiger partial charge in [0.1, 0.15) is 5.60 Å². The molecular weight excluding hydrogens is 304 g/mol. The minimum absolute atomic E-state index is 0.00778. The summed E-state index contributed by atoms with van der Waals surface area (Å²) in [6.07, 6.45) is 1.68. The lowest BCUT2D eigenvalue weighted by Crippen LogP contribution is -2.49. The van der Waals surface area contributed by atoms with E-state index < -0.39 is 11.2 Å². The SMILES string of the molecule is C[C@@H]1C(=O)C2=C(C(=O)[C@@](C)(O)C2)[C@H]2[C@H]1[C@@H]1[C@H](CC[C@]2(C)O)C1(C)C. The molecule has 2 saturated carbocycles. The second kappa shape index (κ2) is 4.39. The quantitative estimate of drug-likeness (QED) is 0.714. The highest BCUT2D eigenvalue weighted by molar-refractivity contribution is 6.15. The van der Waals surface area contributed by atoms with Crippen molar-refractivity contribution in [2.24, 2.45) is 35.0 Å². The monoisotopic (exact) mass is 332 g/mol. The van der Waals surface area contributed by atoms with Crippen LogP contribution < -0.4 is 0 Å². The minimum Gasteiger partial charge on any atom is -0.390 e. The molecule has 0 heterocycles. The molecular formula is C20H28O4. The van der Waals surface area contributed by atoms with Gasteiger partial charge < -0.3 is 10.2 Å². The fraction of sp³-hybridized carbons (Fsp3) is 0.800. The third-order valence-electron chi connectivity index (χ3n) is 7.75. The molecule has 2 N–H and O–H groups in total. The number of ketones is 2. The molecule has 4 rings (SSSR count). The molecule has 4 aliphatic rings. The number of rotatable bonds is 0. The van der Waals surface area contributed by atoms with Gasteiger partial charge >= 0.3 is 0 Å². The van der Waals surface area contributed by atoms with E-state index in [0.29, 0.717) is 29.4 Å². The number of hydrogen-bond acceptors (Lipinski definition) is 4. The molecule has 4 aliphatic carbocycles. The molecule has 0 amide bonds. The fourth-order valence-corrected chi connectivity index (χ4v) is 6.38. The summed E-state index contributed by atoms with van der Waals surface area (Å²) >= 11 is 0. The first-order valence-corrected chi connectivity index (χ1v) is 9.18. The average Bonchev–Trinajstić information content (AvgIpc) is 2.95. The van der Waals surface area contributed by atoms with Crippen molar-refractivity contribution in [1.29, 1.82) is 0 Å². The summed E-state index contributed by atoms with van der Waals surface area (Å²) in [4.78, 5) is 25.9. The van der Waals surface area contributed by atoms with Crippen LogP contribution in [0.25, 0.3) is 0 Å². The third kappa shape index (κ3) is 1.82. The molecule has 4 nitrogen and oxygen atoms in total. The lowest BCUT2D eigenvalue weighted by Gasteiger charge is -2.44. The van der Waals surface area contributed by atoms with Crippen LogP contribution in [0.1, 0.15) is 53.9 Å². The molecule has 132 valence electrons. The molecule has 0 unspecified atom stereocenters.